The van der Waals surface area contributed by atoms with E-state index in [0.29, 0.717) is 5.92 Å². The molecular formula is C36H40N2O2. The topological polar surface area (TPSA) is 41.6 Å². The number of anilines is 1. The summed E-state index contributed by atoms with van der Waals surface area (Å²) in [7, 11) is 0. The summed E-state index contributed by atoms with van der Waals surface area (Å²) in [6.45, 7) is 6.98. The second kappa shape index (κ2) is 13.5. The van der Waals surface area contributed by atoms with Crippen LogP contribution < -0.4 is 10.1 Å². The Hall–Kier alpha value is -3.89. The number of nitrogens with one attached hydrogen (secondary N) is 1. The van der Waals surface area contributed by atoms with Crippen LogP contribution in [0.5, 0.6) is 5.75 Å². The van der Waals surface area contributed by atoms with E-state index in [1.807, 2.05) is 26.0 Å². The maximum Gasteiger partial charge on any atom is 0.226 e. The van der Waals surface area contributed by atoms with Gasteiger partial charge in [0, 0.05) is 24.6 Å². The van der Waals surface area contributed by atoms with Crippen LogP contribution in [0.2, 0.25) is 0 Å². The molecule has 4 aromatic rings. The number of rotatable bonds is 10. The normalized spacial score (nSPS) is 15.1. The van der Waals surface area contributed by atoms with Gasteiger partial charge in [-0.1, -0.05) is 98.8 Å². The van der Waals surface area contributed by atoms with Gasteiger partial charge in [-0.15, -0.1) is 0 Å². The molecule has 0 aliphatic carbocycles. The van der Waals surface area contributed by atoms with E-state index in [1.54, 1.807) is 0 Å². The van der Waals surface area contributed by atoms with Crippen LogP contribution in [0.3, 0.4) is 0 Å². The largest absolute Gasteiger partial charge is 0.486 e. The van der Waals surface area contributed by atoms with E-state index in [2.05, 4.69) is 107 Å². The van der Waals surface area contributed by atoms with E-state index >= 15 is 0 Å². The van der Waals surface area contributed by atoms with Crippen LogP contribution in [0.4, 0.5) is 5.69 Å². The van der Waals surface area contributed by atoms with Crippen molar-refractivity contribution in [1.82, 2.24) is 4.90 Å². The minimum atomic E-state index is -0.0239. The summed E-state index contributed by atoms with van der Waals surface area (Å²) >= 11 is 0. The Balaban J connectivity index is 1.17. The van der Waals surface area contributed by atoms with Gasteiger partial charge in [0.15, 0.2) is 0 Å². The van der Waals surface area contributed by atoms with Crippen molar-refractivity contribution < 1.29 is 9.53 Å². The average molecular weight is 533 g/mol. The molecule has 0 bridgehead atoms. The van der Waals surface area contributed by atoms with Crippen LogP contribution in [-0.2, 0) is 4.79 Å². The number of hydrogen-bond acceptors (Lipinski definition) is 3. The summed E-state index contributed by atoms with van der Waals surface area (Å²) in [4.78, 5) is 14.7. The van der Waals surface area contributed by atoms with Crippen molar-refractivity contribution in [3.8, 4) is 16.9 Å². The molecular weight excluding hydrogens is 492 g/mol. The lowest BCUT2D eigenvalue weighted by Crippen LogP contribution is -2.34. The van der Waals surface area contributed by atoms with Crippen molar-refractivity contribution in [3.05, 3.63) is 120 Å². The predicted molar refractivity (Wildman–Crippen MR) is 165 cm³/mol. The number of piperidine rings is 1. The van der Waals surface area contributed by atoms with E-state index < -0.39 is 0 Å². The molecule has 1 saturated heterocycles. The van der Waals surface area contributed by atoms with Crippen LogP contribution in [0, 0.1) is 5.92 Å². The van der Waals surface area contributed by atoms with Gasteiger partial charge in [-0.3, -0.25) is 4.79 Å². The number of benzene rings is 4. The van der Waals surface area contributed by atoms with Gasteiger partial charge in [-0.25, -0.2) is 0 Å². The molecule has 4 aromatic carbocycles. The summed E-state index contributed by atoms with van der Waals surface area (Å²) in [5.74, 6) is 1.46. The van der Waals surface area contributed by atoms with E-state index in [9.17, 15) is 4.79 Å². The van der Waals surface area contributed by atoms with Crippen LogP contribution in [0.1, 0.15) is 56.3 Å². The first kappa shape index (κ1) is 27.7. The van der Waals surface area contributed by atoms with Gasteiger partial charge < -0.3 is 15.0 Å². The van der Waals surface area contributed by atoms with Gasteiger partial charge in [0.25, 0.3) is 0 Å². The maximum atomic E-state index is 12.1. The van der Waals surface area contributed by atoms with Gasteiger partial charge in [-0.05, 0) is 78.4 Å². The van der Waals surface area contributed by atoms with Crippen molar-refractivity contribution in [2.24, 2.45) is 5.92 Å². The molecule has 0 radical (unpaired) electrons. The zero-order valence-corrected chi connectivity index (χ0v) is 23.6. The van der Waals surface area contributed by atoms with Crippen LogP contribution >= 0.6 is 0 Å². The van der Waals surface area contributed by atoms with Gasteiger partial charge in [0.2, 0.25) is 5.91 Å². The molecule has 0 spiro atoms. The number of carbonyl (C=O) groups is 1. The van der Waals surface area contributed by atoms with Gasteiger partial charge >= 0.3 is 0 Å². The molecule has 4 nitrogen and oxygen atoms in total. The molecule has 0 aromatic heterocycles. The third-order valence-corrected chi connectivity index (χ3v) is 7.86. The summed E-state index contributed by atoms with van der Waals surface area (Å²) in [6.07, 6.45) is 3.19. The fraction of sp³-hybridized carbons (Fsp3) is 0.306. The molecule has 206 valence electrons. The zero-order valence-electron chi connectivity index (χ0n) is 23.6. The number of carbonyl (C=O) groups excluding carboxylic acids is 1. The Morgan fingerprint density at radius 1 is 0.825 bits per heavy atom. The smallest absolute Gasteiger partial charge is 0.226 e. The van der Waals surface area contributed by atoms with Gasteiger partial charge in [0.05, 0.1) is 0 Å². The lowest BCUT2D eigenvalue weighted by Gasteiger charge is -2.33. The van der Waals surface area contributed by atoms with Crippen LogP contribution in [0.15, 0.2) is 109 Å². The van der Waals surface area contributed by atoms with Crippen molar-refractivity contribution >= 4 is 11.6 Å². The lowest BCUT2D eigenvalue weighted by molar-refractivity contribution is -0.118. The van der Waals surface area contributed by atoms with E-state index in [0.717, 1.165) is 50.3 Å². The second-order valence-corrected chi connectivity index (χ2v) is 11.1. The fourth-order valence-electron chi connectivity index (χ4n) is 5.43. The maximum absolute atomic E-state index is 12.1. The lowest BCUT2D eigenvalue weighted by atomic mass is 9.89. The molecule has 1 aliphatic heterocycles. The minimum Gasteiger partial charge on any atom is -0.486 e. The third kappa shape index (κ3) is 7.40. The molecule has 5 rings (SSSR count). The Kier molecular flexibility index (Phi) is 9.30. The van der Waals surface area contributed by atoms with E-state index in [-0.39, 0.29) is 17.9 Å². The standard InChI is InChI=1S/C36H40N2O2/c1-27(2)36(39)37-33-15-9-14-32(26-33)30-20-23-38(24-21-30)25-22-35(31-12-7-4-8-13-31)40-34-18-16-29(17-19-34)28-10-5-3-6-11-28/h3-19,26-27,30,35H,20-25H2,1-2H3,(H,37,39)/t35-/m0/s1. The Labute approximate surface area is 239 Å². The Bertz CT molecular complexity index is 1340. The molecule has 0 saturated carbocycles. The third-order valence-electron chi connectivity index (χ3n) is 7.86. The van der Waals surface area contributed by atoms with E-state index in [4.69, 9.17) is 4.74 Å². The van der Waals surface area contributed by atoms with Crippen molar-refractivity contribution in [2.45, 2.75) is 45.1 Å². The number of nitrogens with zero attached hydrogens (tertiary/aromatic N) is 1. The van der Waals surface area contributed by atoms with Crippen molar-refractivity contribution in [3.63, 3.8) is 0 Å². The molecule has 1 atom stereocenters. The summed E-state index contributed by atoms with van der Waals surface area (Å²) in [5, 5.41) is 3.05. The number of amides is 1. The molecule has 1 fully saturated rings. The highest BCUT2D eigenvalue weighted by molar-refractivity contribution is 5.92. The average Bonchev–Trinajstić information content (AvgIpc) is 3.01. The predicted octanol–water partition coefficient (Wildman–Crippen LogP) is 8.34. The minimum absolute atomic E-state index is 0.00255. The first-order valence-electron chi connectivity index (χ1n) is 14.6. The second-order valence-electron chi connectivity index (χ2n) is 11.1. The first-order chi connectivity index (χ1) is 19.5. The van der Waals surface area contributed by atoms with Crippen molar-refractivity contribution in [1.29, 1.82) is 0 Å². The highest BCUT2D eigenvalue weighted by Gasteiger charge is 2.23. The number of hydrogen-bond donors (Lipinski definition) is 1. The monoisotopic (exact) mass is 532 g/mol. The molecule has 0 unspecified atom stereocenters. The summed E-state index contributed by atoms with van der Waals surface area (Å²) in [5.41, 5.74) is 5.85. The number of ether oxygens (including phenoxy) is 1. The van der Waals surface area contributed by atoms with Crippen LogP contribution in [-0.4, -0.2) is 30.4 Å². The van der Waals surface area contributed by atoms with Crippen molar-refractivity contribution in [2.75, 3.05) is 25.0 Å². The Morgan fingerprint density at radius 3 is 2.15 bits per heavy atom. The highest BCUT2D eigenvalue weighted by atomic mass is 16.5. The quantitative estimate of drug-likeness (QED) is 0.223. The van der Waals surface area contributed by atoms with Gasteiger partial charge in [-0.2, -0.15) is 0 Å². The van der Waals surface area contributed by atoms with Crippen LogP contribution in [0.25, 0.3) is 11.1 Å². The molecule has 1 aliphatic rings. The zero-order chi connectivity index (χ0) is 27.7. The highest BCUT2D eigenvalue weighted by Crippen LogP contribution is 2.32. The number of likely N-dealkylation sites (tertiary alicyclic amines) is 1. The summed E-state index contributed by atoms with van der Waals surface area (Å²) in [6, 6.07) is 37.9. The molecule has 4 heteroatoms. The molecule has 1 N–H and O–H groups in total. The van der Waals surface area contributed by atoms with Gasteiger partial charge in [0.1, 0.15) is 11.9 Å². The molecule has 40 heavy (non-hydrogen) atoms. The molecule has 1 heterocycles. The SMILES string of the molecule is CC(C)C(=O)Nc1cccc(C2CCN(CC[C@H](Oc3ccc(-c4ccccc4)cc3)c3ccccc3)CC2)c1. The van der Waals surface area contributed by atoms with E-state index in [1.165, 1.54) is 22.3 Å². The Morgan fingerprint density at radius 2 is 1.48 bits per heavy atom. The first-order valence-corrected chi connectivity index (χ1v) is 14.6. The summed E-state index contributed by atoms with van der Waals surface area (Å²) < 4.78 is 6.57. The fourth-order valence-corrected chi connectivity index (χ4v) is 5.43. The molecule has 1 amide bonds.